The van der Waals surface area contributed by atoms with Crippen LogP contribution in [0.25, 0.3) is 10.8 Å². The molecule has 8 heteroatoms. The van der Waals surface area contributed by atoms with E-state index in [-0.39, 0.29) is 27.8 Å². The summed E-state index contributed by atoms with van der Waals surface area (Å²) in [6.45, 7) is 5.26. The first-order chi connectivity index (χ1) is 18.4. The van der Waals surface area contributed by atoms with Crippen LogP contribution in [-0.2, 0) is 0 Å². The van der Waals surface area contributed by atoms with Crippen molar-refractivity contribution in [3.63, 3.8) is 0 Å². The Kier molecular flexibility index (Phi) is 7.31. The number of halogens is 1. The zero-order chi connectivity index (χ0) is 26.7. The average molecular weight is 529 g/mol. The third kappa shape index (κ3) is 5.21. The molecule has 0 spiro atoms. The molecule has 2 aliphatic rings. The molecule has 0 saturated carbocycles. The molecule has 1 aliphatic carbocycles. The number of fused-ring (bicyclic) bond motifs is 1. The number of phenols is 1. The Morgan fingerprint density at radius 1 is 1.03 bits per heavy atom. The number of allylic oxidation sites excluding steroid dienone is 2. The molecule has 0 bridgehead atoms. The van der Waals surface area contributed by atoms with E-state index in [1.165, 1.54) is 18.2 Å². The van der Waals surface area contributed by atoms with Crippen LogP contribution in [0.4, 0.5) is 0 Å². The summed E-state index contributed by atoms with van der Waals surface area (Å²) in [5, 5.41) is 15.4. The van der Waals surface area contributed by atoms with Gasteiger partial charge in [0.05, 0.1) is 11.2 Å². The number of hydrazone groups is 1. The van der Waals surface area contributed by atoms with Crippen LogP contribution in [0.15, 0.2) is 84.0 Å². The molecule has 1 fully saturated rings. The van der Waals surface area contributed by atoms with Gasteiger partial charge in [-0.2, -0.15) is 5.10 Å². The third-order valence-corrected chi connectivity index (χ3v) is 7.59. The summed E-state index contributed by atoms with van der Waals surface area (Å²) in [5.41, 5.74) is 4.19. The molecule has 0 radical (unpaired) electrons. The van der Waals surface area contributed by atoms with Gasteiger partial charge in [-0.25, -0.2) is 5.43 Å². The monoisotopic (exact) mass is 528 g/mol. The van der Waals surface area contributed by atoms with Crippen LogP contribution in [0.2, 0.25) is 5.02 Å². The fraction of sp³-hybridized carbons (Fsp3) is 0.233. The van der Waals surface area contributed by atoms with E-state index in [1.54, 1.807) is 6.21 Å². The lowest BCUT2D eigenvalue weighted by molar-refractivity contribution is 0.0480. The lowest BCUT2D eigenvalue weighted by Crippen LogP contribution is -2.56. The second kappa shape index (κ2) is 10.8. The van der Waals surface area contributed by atoms with E-state index in [1.807, 2.05) is 41.3 Å². The van der Waals surface area contributed by atoms with Crippen molar-refractivity contribution in [3.05, 3.63) is 101 Å². The highest BCUT2D eigenvalue weighted by Crippen LogP contribution is 2.28. The number of carbonyl (C=O) groups is 2. The van der Waals surface area contributed by atoms with Crippen molar-refractivity contribution in [1.82, 2.24) is 15.2 Å². The van der Waals surface area contributed by atoms with Gasteiger partial charge in [-0.05, 0) is 48.4 Å². The SMILES string of the molecule is CC1(N2CCN(C(=O)c3ccc(/C=N/NC(=O)c4ccc(O)c(Cl)c4)c4ccccc34)CC2)C=CC=CC1. The van der Waals surface area contributed by atoms with E-state index in [9.17, 15) is 14.7 Å². The summed E-state index contributed by atoms with van der Waals surface area (Å²) in [5.74, 6) is -0.527. The van der Waals surface area contributed by atoms with Gasteiger partial charge in [0.2, 0.25) is 0 Å². The molecule has 0 aromatic heterocycles. The molecule has 1 unspecified atom stereocenters. The highest BCUT2D eigenvalue weighted by Gasteiger charge is 2.33. The Morgan fingerprint density at radius 2 is 1.79 bits per heavy atom. The molecule has 194 valence electrons. The van der Waals surface area contributed by atoms with Crippen LogP contribution in [0.3, 0.4) is 0 Å². The first kappa shape index (κ1) is 25.7. The lowest BCUT2D eigenvalue weighted by atomic mass is 9.90. The fourth-order valence-electron chi connectivity index (χ4n) is 5.04. The van der Waals surface area contributed by atoms with E-state index in [0.717, 1.165) is 35.8 Å². The Balaban J connectivity index is 1.30. The van der Waals surface area contributed by atoms with Gasteiger partial charge in [-0.1, -0.05) is 66.2 Å². The van der Waals surface area contributed by atoms with Gasteiger partial charge in [0.15, 0.2) is 0 Å². The Hall–Kier alpha value is -3.94. The van der Waals surface area contributed by atoms with Crippen molar-refractivity contribution in [2.24, 2.45) is 5.10 Å². The number of rotatable bonds is 5. The number of piperazine rings is 1. The number of carbonyl (C=O) groups excluding carboxylic acids is 2. The molecule has 3 aromatic rings. The molecule has 7 nitrogen and oxygen atoms in total. The third-order valence-electron chi connectivity index (χ3n) is 7.29. The van der Waals surface area contributed by atoms with Gasteiger partial charge in [0.25, 0.3) is 11.8 Å². The standard InChI is InChI=1S/C30H29ClN4O3/c1-30(13-5-2-6-14-30)35-17-15-34(16-18-35)29(38)25-11-9-22(23-7-3-4-8-24(23)25)20-32-33-28(37)21-10-12-27(36)26(31)19-21/h2-13,19-20,36H,14-18H2,1H3,(H,33,37)/b32-20+. The maximum absolute atomic E-state index is 13.6. The van der Waals surface area contributed by atoms with Crippen molar-refractivity contribution < 1.29 is 14.7 Å². The molecule has 2 amide bonds. The highest BCUT2D eigenvalue weighted by atomic mass is 35.5. The van der Waals surface area contributed by atoms with Crippen molar-refractivity contribution >= 4 is 40.4 Å². The predicted molar refractivity (Wildman–Crippen MR) is 151 cm³/mol. The fourth-order valence-corrected chi connectivity index (χ4v) is 5.22. The number of nitrogens with one attached hydrogen (secondary N) is 1. The van der Waals surface area contributed by atoms with Crippen LogP contribution < -0.4 is 5.43 Å². The molecule has 5 rings (SSSR count). The zero-order valence-corrected chi connectivity index (χ0v) is 21.9. The minimum atomic E-state index is -0.452. The minimum Gasteiger partial charge on any atom is -0.506 e. The number of amides is 2. The van der Waals surface area contributed by atoms with E-state index < -0.39 is 5.91 Å². The van der Waals surface area contributed by atoms with E-state index >= 15 is 0 Å². The van der Waals surface area contributed by atoms with Gasteiger partial charge in [0.1, 0.15) is 5.75 Å². The number of phenolic OH excluding ortho intramolecular Hbond substituents is 1. The topological polar surface area (TPSA) is 85.2 Å². The number of benzene rings is 3. The maximum Gasteiger partial charge on any atom is 0.271 e. The first-order valence-electron chi connectivity index (χ1n) is 12.6. The molecule has 1 atom stereocenters. The predicted octanol–water partition coefficient (Wildman–Crippen LogP) is 5.00. The summed E-state index contributed by atoms with van der Waals surface area (Å²) in [7, 11) is 0. The van der Waals surface area contributed by atoms with Crippen LogP contribution in [0.1, 0.15) is 39.6 Å². The second-order valence-corrected chi connectivity index (χ2v) is 10.1. The summed E-state index contributed by atoms with van der Waals surface area (Å²) in [6.07, 6.45) is 11.2. The Morgan fingerprint density at radius 3 is 2.50 bits per heavy atom. The van der Waals surface area contributed by atoms with Crippen LogP contribution in [0, 0.1) is 0 Å². The number of hydrogen-bond donors (Lipinski definition) is 2. The zero-order valence-electron chi connectivity index (χ0n) is 21.1. The Bertz CT molecular complexity index is 1470. The quantitative estimate of drug-likeness (QED) is 0.361. The molecule has 1 aliphatic heterocycles. The van der Waals surface area contributed by atoms with Gasteiger partial charge in [0, 0.05) is 48.4 Å². The maximum atomic E-state index is 13.6. The van der Waals surface area contributed by atoms with Gasteiger partial charge in [-0.15, -0.1) is 0 Å². The molecule has 1 heterocycles. The summed E-state index contributed by atoms with van der Waals surface area (Å²) < 4.78 is 0. The van der Waals surface area contributed by atoms with Crippen molar-refractivity contribution in [2.45, 2.75) is 18.9 Å². The minimum absolute atomic E-state index is 0.00152. The highest BCUT2D eigenvalue weighted by molar-refractivity contribution is 6.32. The average Bonchev–Trinajstić information content (AvgIpc) is 2.94. The van der Waals surface area contributed by atoms with Gasteiger partial charge in [-0.3, -0.25) is 14.5 Å². The molecule has 3 aromatic carbocycles. The number of aromatic hydroxyl groups is 1. The van der Waals surface area contributed by atoms with Crippen molar-refractivity contribution in [3.8, 4) is 5.75 Å². The summed E-state index contributed by atoms with van der Waals surface area (Å²) in [4.78, 5) is 30.3. The van der Waals surface area contributed by atoms with E-state index in [0.29, 0.717) is 18.7 Å². The van der Waals surface area contributed by atoms with Gasteiger partial charge >= 0.3 is 0 Å². The molecule has 1 saturated heterocycles. The first-order valence-corrected chi connectivity index (χ1v) is 13.0. The largest absolute Gasteiger partial charge is 0.506 e. The number of nitrogens with zero attached hydrogens (tertiary/aromatic N) is 3. The second-order valence-electron chi connectivity index (χ2n) is 9.74. The van der Waals surface area contributed by atoms with E-state index in [4.69, 9.17) is 11.6 Å². The number of hydrogen-bond acceptors (Lipinski definition) is 5. The van der Waals surface area contributed by atoms with Crippen LogP contribution >= 0.6 is 11.6 Å². The van der Waals surface area contributed by atoms with Crippen molar-refractivity contribution in [1.29, 1.82) is 0 Å². The molecule has 38 heavy (non-hydrogen) atoms. The Labute approximate surface area is 226 Å². The molecular weight excluding hydrogens is 500 g/mol. The molecule has 2 N–H and O–H groups in total. The van der Waals surface area contributed by atoms with Gasteiger partial charge < -0.3 is 10.0 Å². The van der Waals surface area contributed by atoms with Crippen LogP contribution in [0.5, 0.6) is 5.75 Å². The molecular formula is C30H29ClN4O3. The smallest absolute Gasteiger partial charge is 0.271 e. The van der Waals surface area contributed by atoms with Crippen molar-refractivity contribution in [2.75, 3.05) is 26.2 Å². The summed E-state index contributed by atoms with van der Waals surface area (Å²) in [6, 6.07) is 15.6. The lowest BCUT2D eigenvalue weighted by Gasteiger charge is -2.45. The van der Waals surface area contributed by atoms with E-state index in [2.05, 4.69) is 46.7 Å². The van der Waals surface area contributed by atoms with Crippen LogP contribution in [-0.4, -0.2) is 64.7 Å². The normalized spacial score (nSPS) is 19.8. The summed E-state index contributed by atoms with van der Waals surface area (Å²) >= 11 is 5.89.